The number of benzene rings is 2. The number of halogens is 2. The van der Waals surface area contributed by atoms with E-state index in [2.05, 4.69) is 10.4 Å². The summed E-state index contributed by atoms with van der Waals surface area (Å²) < 4.78 is 54.1. The van der Waals surface area contributed by atoms with Gasteiger partial charge in [0.1, 0.15) is 17.5 Å². The molecule has 3 rings (SSSR count). The van der Waals surface area contributed by atoms with Crippen LogP contribution in [0.15, 0.2) is 59.5 Å². The molecule has 2 aromatic carbocycles. The minimum Gasteiger partial charge on any atom is -0.309 e. The zero-order valence-corrected chi connectivity index (χ0v) is 19.0. The molecule has 1 heterocycles. The SMILES string of the molecule is CN(CC(=O)Nc1cc(C(C)(C)C)nn1-c1ccc(F)cc1)S(=O)(=O)c1ccc(F)cc1. The Balaban J connectivity index is 1.84. The molecule has 170 valence electrons. The van der Waals surface area contributed by atoms with Crippen LogP contribution >= 0.6 is 0 Å². The van der Waals surface area contributed by atoms with Crippen molar-refractivity contribution in [3.63, 3.8) is 0 Å². The van der Waals surface area contributed by atoms with Gasteiger partial charge in [-0.3, -0.25) is 4.79 Å². The largest absolute Gasteiger partial charge is 0.309 e. The van der Waals surface area contributed by atoms with Crippen LogP contribution in [0, 0.1) is 11.6 Å². The lowest BCUT2D eigenvalue weighted by Gasteiger charge is -2.17. The van der Waals surface area contributed by atoms with Gasteiger partial charge in [0.2, 0.25) is 15.9 Å². The molecule has 3 aromatic rings. The Hall–Kier alpha value is -3.11. The van der Waals surface area contributed by atoms with Crippen LogP contribution in [0.25, 0.3) is 5.69 Å². The highest BCUT2D eigenvalue weighted by Gasteiger charge is 2.25. The summed E-state index contributed by atoms with van der Waals surface area (Å²) in [5.74, 6) is -1.25. The van der Waals surface area contributed by atoms with Crippen molar-refractivity contribution in [1.29, 1.82) is 0 Å². The summed E-state index contributed by atoms with van der Waals surface area (Å²) in [5.41, 5.74) is 0.891. The van der Waals surface area contributed by atoms with E-state index in [0.717, 1.165) is 28.6 Å². The van der Waals surface area contributed by atoms with E-state index in [1.54, 1.807) is 6.07 Å². The van der Waals surface area contributed by atoms with Crippen LogP contribution in [0.2, 0.25) is 0 Å². The van der Waals surface area contributed by atoms with Gasteiger partial charge in [0, 0.05) is 18.5 Å². The first kappa shape index (κ1) is 23.6. The fraction of sp³-hybridized carbons (Fsp3) is 0.273. The maximum atomic E-state index is 13.3. The third kappa shape index (κ3) is 5.20. The number of likely N-dealkylation sites (N-methyl/N-ethyl adjacent to an activating group) is 1. The third-order valence-corrected chi connectivity index (χ3v) is 6.52. The summed E-state index contributed by atoms with van der Waals surface area (Å²) in [5, 5.41) is 7.21. The first-order valence-corrected chi connectivity index (χ1v) is 11.2. The topological polar surface area (TPSA) is 84.3 Å². The van der Waals surface area contributed by atoms with Crippen LogP contribution in [0.5, 0.6) is 0 Å². The molecule has 0 aliphatic carbocycles. The zero-order valence-electron chi connectivity index (χ0n) is 18.1. The molecule has 0 saturated carbocycles. The predicted molar refractivity (Wildman–Crippen MR) is 117 cm³/mol. The average molecular weight is 463 g/mol. The summed E-state index contributed by atoms with van der Waals surface area (Å²) >= 11 is 0. The number of anilines is 1. The van der Waals surface area contributed by atoms with Crippen molar-refractivity contribution in [3.8, 4) is 5.69 Å². The molecule has 0 aliphatic heterocycles. The van der Waals surface area contributed by atoms with Crippen molar-refractivity contribution in [1.82, 2.24) is 14.1 Å². The van der Waals surface area contributed by atoms with Crippen LogP contribution < -0.4 is 5.32 Å². The number of sulfonamides is 1. The molecule has 7 nitrogen and oxygen atoms in total. The average Bonchev–Trinajstić information content (AvgIpc) is 3.13. The lowest BCUT2D eigenvalue weighted by molar-refractivity contribution is -0.116. The maximum absolute atomic E-state index is 13.3. The molecular weight excluding hydrogens is 438 g/mol. The van der Waals surface area contributed by atoms with Crippen LogP contribution in [0.3, 0.4) is 0 Å². The van der Waals surface area contributed by atoms with Gasteiger partial charge < -0.3 is 5.32 Å². The summed E-state index contributed by atoms with van der Waals surface area (Å²) in [7, 11) is -2.73. The first-order valence-electron chi connectivity index (χ1n) is 9.76. The Labute approximate surface area is 185 Å². The van der Waals surface area contributed by atoms with E-state index in [9.17, 15) is 22.0 Å². The highest BCUT2D eigenvalue weighted by Crippen LogP contribution is 2.26. The molecule has 1 aromatic heterocycles. The van der Waals surface area contributed by atoms with Crippen molar-refractivity contribution < 1.29 is 22.0 Å². The Bertz CT molecular complexity index is 1220. The van der Waals surface area contributed by atoms with Crippen molar-refractivity contribution in [2.24, 2.45) is 0 Å². The molecule has 0 aliphatic rings. The lowest BCUT2D eigenvalue weighted by atomic mass is 9.92. The van der Waals surface area contributed by atoms with Gasteiger partial charge in [-0.25, -0.2) is 21.9 Å². The monoisotopic (exact) mass is 462 g/mol. The van der Waals surface area contributed by atoms with E-state index < -0.39 is 34.1 Å². The number of aromatic nitrogens is 2. The number of nitrogens with one attached hydrogen (secondary N) is 1. The summed E-state index contributed by atoms with van der Waals surface area (Å²) in [4.78, 5) is 12.5. The molecule has 10 heteroatoms. The van der Waals surface area contributed by atoms with Gasteiger partial charge in [-0.2, -0.15) is 9.40 Å². The minimum atomic E-state index is -3.99. The second kappa shape index (κ2) is 8.79. The van der Waals surface area contributed by atoms with Crippen LogP contribution in [-0.4, -0.2) is 42.0 Å². The number of carbonyl (C=O) groups is 1. The molecule has 0 bridgehead atoms. The van der Waals surface area contributed by atoms with Gasteiger partial charge in [0.15, 0.2) is 0 Å². The van der Waals surface area contributed by atoms with E-state index in [0.29, 0.717) is 17.2 Å². The molecule has 32 heavy (non-hydrogen) atoms. The predicted octanol–water partition coefficient (Wildman–Crippen LogP) is 3.71. The first-order chi connectivity index (χ1) is 14.9. The van der Waals surface area contributed by atoms with E-state index in [4.69, 9.17) is 0 Å². The molecule has 0 atom stereocenters. The zero-order chi connectivity index (χ0) is 23.7. The fourth-order valence-corrected chi connectivity index (χ4v) is 4.00. The third-order valence-electron chi connectivity index (χ3n) is 4.70. The molecular formula is C22H24F2N4O3S. The smallest absolute Gasteiger partial charge is 0.243 e. The van der Waals surface area contributed by atoms with Crippen molar-refractivity contribution in [2.75, 3.05) is 18.9 Å². The number of hydrogen-bond acceptors (Lipinski definition) is 4. The van der Waals surface area contributed by atoms with Crippen LogP contribution in [-0.2, 0) is 20.2 Å². The second-order valence-corrected chi connectivity index (χ2v) is 10.4. The van der Waals surface area contributed by atoms with Gasteiger partial charge >= 0.3 is 0 Å². The molecule has 1 N–H and O–H groups in total. The highest BCUT2D eigenvalue weighted by molar-refractivity contribution is 7.89. The van der Waals surface area contributed by atoms with E-state index in [1.165, 1.54) is 36.0 Å². The van der Waals surface area contributed by atoms with E-state index in [1.807, 2.05) is 20.8 Å². The Morgan fingerprint density at radius 1 is 1.03 bits per heavy atom. The normalized spacial score (nSPS) is 12.2. The van der Waals surface area contributed by atoms with Crippen molar-refractivity contribution in [3.05, 3.63) is 71.9 Å². The summed E-state index contributed by atoms with van der Waals surface area (Å²) in [6.45, 7) is 5.40. The standard InChI is InChI=1S/C22H24F2N4O3S/c1-22(2,3)19-13-20(28(26-19)17-9-5-15(23)6-10-17)25-21(29)14-27(4)32(30,31)18-11-7-16(24)8-12-18/h5-13H,14H2,1-4H3,(H,25,29). The molecule has 1 amide bonds. The fourth-order valence-electron chi connectivity index (χ4n) is 2.87. The number of amides is 1. The quantitative estimate of drug-likeness (QED) is 0.605. The summed E-state index contributed by atoms with van der Waals surface area (Å²) in [6, 6.07) is 11.6. The second-order valence-electron chi connectivity index (χ2n) is 8.32. The Morgan fingerprint density at radius 2 is 1.56 bits per heavy atom. The molecule has 0 radical (unpaired) electrons. The van der Waals surface area contributed by atoms with Crippen molar-refractivity contribution in [2.45, 2.75) is 31.1 Å². The lowest BCUT2D eigenvalue weighted by Crippen LogP contribution is -2.35. The maximum Gasteiger partial charge on any atom is 0.243 e. The van der Waals surface area contributed by atoms with E-state index >= 15 is 0 Å². The highest BCUT2D eigenvalue weighted by atomic mass is 32.2. The number of rotatable bonds is 6. The van der Waals surface area contributed by atoms with Gasteiger partial charge in [0.05, 0.1) is 22.8 Å². The Kier molecular flexibility index (Phi) is 6.47. The van der Waals surface area contributed by atoms with Gasteiger partial charge in [0.25, 0.3) is 0 Å². The molecule has 0 fully saturated rings. The van der Waals surface area contributed by atoms with Gasteiger partial charge in [-0.15, -0.1) is 0 Å². The van der Waals surface area contributed by atoms with E-state index in [-0.39, 0.29) is 10.3 Å². The number of nitrogens with zero attached hydrogens (tertiary/aromatic N) is 3. The number of carbonyl (C=O) groups excluding carboxylic acids is 1. The molecule has 0 saturated heterocycles. The minimum absolute atomic E-state index is 0.124. The van der Waals surface area contributed by atoms with Gasteiger partial charge in [-0.05, 0) is 48.5 Å². The molecule has 0 unspecified atom stereocenters. The summed E-state index contributed by atoms with van der Waals surface area (Å²) in [6.07, 6.45) is 0. The van der Waals surface area contributed by atoms with Crippen LogP contribution in [0.1, 0.15) is 26.5 Å². The van der Waals surface area contributed by atoms with Crippen molar-refractivity contribution >= 4 is 21.7 Å². The molecule has 0 spiro atoms. The van der Waals surface area contributed by atoms with Crippen LogP contribution in [0.4, 0.5) is 14.6 Å². The number of hydrogen-bond donors (Lipinski definition) is 1. The Morgan fingerprint density at radius 3 is 2.09 bits per heavy atom. The van der Waals surface area contributed by atoms with Gasteiger partial charge in [-0.1, -0.05) is 20.8 Å².